The van der Waals surface area contributed by atoms with Gasteiger partial charge in [-0.25, -0.2) is 0 Å². The normalized spacial score (nSPS) is 10.2. The van der Waals surface area contributed by atoms with E-state index in [0.29, 0.717) is 12.0 Å². The Labute approximate surface area is 101 Å². The molecule has 0 amide bonds. The molecule has 0 bridgehead atoms. The van der Waals surface area contributed by atoms with Crippen LogP contribution in [0.2, 0.25) is 0 Å². The van der Waals surface area contributed by atoms with Gasteiger partial charge in [-0.3, -0.25) is 4.79 Å². The summed E-state index contributed by atoms with van der Waals surface area (Å²) < 4.78 is 0. The third-order valence-electron chi connectivity index (χ3n) is 2.66. The molecule has 2 nitrogen and oxygen atoms in total. The SMILES string of the molecule is Cc1ccc(O)c(C(=O)Cc2ccccc2)c1. The van der Waals surface area contributed by atoms with Crippen molar-refractivity contribution in [1.29, 1.82) is 0 Å². The van der Waals surface area contributed by atoms with Crippen LogP contribution in [0.15, 0.2) is 48.5 Å². The fourth-order valence-corrected chi connectivity index (χ4v) is 1.75. The van der Waals surface area contributed by atoms with E-state index in [2.05, 4.69) is 0 Å². The molecule has 0 aliphatic carbocycles. The number of benzene rings is 2. The smallest absolute Gasteiger partial charge is 0.170 e. The second-order valence-corrected chi connectivity index (χ2v) is 4.11. The van der Waals surface area contributed by atoms with Crippen LogP contribution in [0.5, 0.6) is 5.75 Å². The van der Waals surface area contributed by atoms with Crippen molar-refractivity contribution < 1.29 is 9.90 Å². The molecule has 86 valence electrons. The van der Waals surface area contributed by atoms with E-state index in [-0.39, 0.29) is 11.5 Å². The number of phenols is 1. The molecule has 0 saturated carbocycles. The van der Waals surface area contributed by atoms with Gasteiger partial charge in [-0.15, -0.1) is 0 Å². The van der Waals surface area contributed by atoms with E-state index in [1.165, 1.54) is 0 Å². The van der Waals surface area contributed by atoms with Gasteiger partial charge in [-0.05, 0) is 24.6 Å². The summed E-state index contributed by atoms with van der Waals surface area (Å²) in [5.74, 6) is -0.00562. The van der Waals surface area contributed by atoms with Gasteiger partial charge in [0.1, 0.15) is 5.75 Å². The number of aromatic hydroxyl groups is 1. The minimum Gasteiger partial charge on any atom is -0.507 e. The van der Waals surface area contributed by atoms with Gasteiger partial charge < -0.3 is 5.11 Å². The van der Waals surface area contributed by atoms with E-state index in [1.807, 2.05) is 37.3 Å². The lowest BCUT2D eigenvalue weighted by atomic mass is 10.0. The van der Waals surface area contributed by atoms with E-state index in [9.17, 15) is 9.90 Å². The van der Waals surface area contributed by atoms with Crippen molar-refractivity contribution in [2.24, 2.45) is 0 Å². The fraction of sp³-hybridized carbons (Fsp3) is 0.133. The summed E-state index contributed by atoms with van der Waals surface area (Å²) in [5.41, 5.74) is 2.33. The number of carbonyl (C=O) groups excluding carboxylic acids is 1. The Bertz CT molecular complexity index is 530. The highest BCUT2D eigenvalue weighted by atomic mass is 16.3. The van der Waals surface area contributed by atoms with Crippen LogP contribution >= 0.6 is 0 Å². The summed E-state index contributed by atoms with van der Waals surface area (Å²) in [6, 6.07) is 14.6. The fourth-order valence-electron chi connectivity index (χ4n) is 1.75. The Kier molecular flexibility index (Phi) is 3.24. The number of rotatable bonds is 3. The van der Waals surface area contributed by atoms with Gasteiger partial charge in [-0.1, -0.05) is 42.0 Å². The summed E-state index contributed by atoms with van der Waals surface area (Å²) in [7, 11) is 0. The molecule has 2 rings (SSSR count). The lowest BCUT2D eigenvalue weighted by Crippen LogP contribution is -2.04. The quantitative estimate of drug-likeness (QED) is 0.816. The van der Waals surface area contributed by atoms with Crippen LogP contribution in [-0.2, 0) is 6.42 Å². The minimum absolute atomic E-state index is 0.0523. The van der Waals surface area contributed by atoms with Crippen molar-refractivity contribution in [2.75, 3.05) is 0 Å². The molecular weight excluding hydrogens is 212 g/mol. The van der Waals surface area contributed by atoms with Crippen molar-refractivity contribution in [3.63, 3.8) is 0 Å². The van der Waals surface area contributed by atoms with Gasteiger partial charge in [0.05, 0.1) is 5.56 Å². The lowest BCUT2D eigenvalue weighted by molar-refractivity contribution is 0.0990. The molecule has 17 heavy (non-hydrogen) atoms. The van der Waals surface area contributed by atoms with Gasteiger partial charge in [0.2, 0.25) is 0 Å². The van der Waals surface area contributed by atoms with Crippen LogP contribution in [0.3, 0.4) is 0 Å². The third-order valence-corrected chi connectivity index (χ3v) is 2.66. The number of Topliss-reactive ketones (excluding diaryl/α,β-unsaturated/α-hetero) is 1. The zero-order chi connectivity index (χ0) is 12.3. The van der Waals surface area contributed by atoms with E-state index in [1.54, 1.807) is 18.2 Å². The monoisotopic (exact) mass is 226 g/mol. The largest absolute Gasteiger partial charge is 0.507 e. The summed E-state index contributed by atoms with van der Waals surface area (Å²) in [6.07, 6.45) is 0.317. The van der Waals surface area contributed by atoms with Crippen molar-refractivity contribution in [1.82, 2.24) is 0 Å². The number of hydrogen-bond donors (Lipinski definition) is 1. The second-order valence-electron chi connectivity index (χ2n) is 4.11. The maximum atomic E-state index is 12.0. The Hall–Kier alpha value is -2.09. The maximum Gasteiger partial charge on any atom is 0.170 e. The van der Waals surface area contributed by atoms with Crippen LogP contribution in [0.4, 0.5) is 0 Å². The molecule has 0 heterocycles. The van der Waals surface area contributed by atoms with E-state index in [4.69, 9.17) is 0 Å². The second kappa shape index (κ2) is 4.83. The summed E-state index contributed by atoms with van der Waals surface area (Å²) in [5, 5.41) is 9.66. The van der Waals surface area contributed by atoms with Gasteiger partial charge in [-0.2, -0.15) is 0 Å². The van der Waals surface area contributed by atoms with Gasteiger partial charge in [0, 0.05) is 6.42 Å². The van der Waals surface area contributed by atoms with Crippen LogP contribution in [0.1, 0.15) is 21.5 Å². The van der Waals surface area contributed by atoms with Gasteiger partial charge in [0.15, 0.2) is 5.78 Å². The predicted octanol–water partition coefficient (Wildman–Crippen LogP) is 3.13. The average Bonchev–Trinajstić information content (AvgIpc) is 2.33. The van der Waals surface area contributed by atoms with Gasteiger partial charge in [0.25, 0.3) is 0 Å². The number of phenolic OH excluding ortho intramolecular Hbond substituents is 1. The van der Waals surface area contributed by atoms with Crippen molar-refractivity contribution in [2.45, 2.75) is 13.3 Å². The molecule has 0 saturated heterocycles. The molecule has 0 aromatic heterocycles. The first-order valence-corrected chi connectivity index (χ1v) is 5.53. The van der Waals surface area contributed by atoms with Crippen LogP contribution in [0, 0.1) is 6.92 Å². The lowest BCUT2D eigenvalue weighted by Gasteiger charge is -2.05. The zero-order valence-corrected chi connectivity index (χ0v) is 9.68. The Morgan fingerprint density at radius 3 is 2.53 bits per heavy atom. The molecule has 2 aromatic rings. The number of aryl methyl sites for hydroxylation is 1. The molecule has 0 fully saturated rings. The van der Waals surface area contributed by atoms with E-state index >= 15 is 0 Å². The molecular formula is C15H14O2. The Morgan fingerprint density at radius 1 is 1.12 bits per heavy atom. The van der Waals surface area contributed by atoms with Crippen LogP contribution in [-0.4, -0.2) is 10.9 Å². The number of ketones is 1. The van der Waals surface area contributed by atoms with E-state index < -0.39 is 0 Å². The minimum atomic E-state index is -0.0580. The first-order valence-electron chi connectivity index (χ1n) is 5.53. The molecule has 2 aromatic carbocycles. The highest BCUT2D eigenvalue weighted by Gasteiger charge is 2.11. The Balaban J connectivity index is 2.23. The van der Waals surface area contributed by atoms with Crippen LogP contribution < -0.4 is 0 Å². The third kappa shape index (κ3) is 2.72. The molecule has 2 heteroatoms. The standard InChI is InChI=1S/C15H14O2/c1-11-7-8-14(16)13(9-11)15(17)10-12-5-3-2-4-6-12/h2-9,16H,10H2,1H3. The summed E-state index contributed by atoms with van der Waals surface area (Å²) in [4.78, 5) is 12.0. The first kappa shape index (κ1) is 11.4. The van der Waals surface area contributed by atoms with Gasteiger partial charge >= 0.3 is 0 Å². The molecule has 0 spiro atoms. The van der Waals surface area contributed by atoms with Crippen molar-refractivity contribution in [3.8, 4) is 5.75 Å². The highest BCUT2D eigenvalue weighted by Crippen LogP contribution is 2.20. The molecule has 0 radical (unpaired) electrons. The predicted molar refractivity (Wildman–Crippen MR) is 67.3 cm³/mol. The maximum absolute atomic E-state index is 12.0. The topological polar surface area (TPSA) is 37.3 Å². The number of carbonyl (C=O) groups is 1. The average molecular weight is 226 g/mol. The summed E-state index contributed by atoms with van der Waals surface area (Å²) >= 11 is 0. The van der Waals surface area contributed by atoms with Crippen LogP contribution in [0.25, 0.3) is 0 Å². The van der Waals surface area contributed by atoms with Crippen molar-refractivity contribution >= 4 is 5.78 Å². The highest BCUT2D eigenvalue weighted by molar-refractivity contribution is 6.00. The molecule has 0 aliphatic rings. The molecule has 1 N–H and O–H groups in total. The van der Waals surface area contributed by atoms with E-state index in [0.717, 1.165) is 11.1 Å². The zero-order valence-electron chi connectivity index (χ0n) is 9.68. The molecule has 0 unspecified atom stereocenters. The molecule has 0 atom stereocenters. The number of hydrogen-bond acceptors (Lipinski definition) is 2. The Morgan fingerprint density at radius 2 is 1.82 bits per heavy atom. The molecule has 0 aliphatic heterocycles. The van der Waals surface area contributed by atoms with Crippen molar-refractivity contribution in [3.05, 3.63) is 65.2 Å². The summed E-state index contributed by atoms with van der Waals surface area (Å²) in [6.45, 7) is 1.90. The first-order chi connectivity index (χ1) is 8.16.